The molecule has 1 atom stereocenters. The number of amides is 1. The Bertz CT molecular complexity index is 806. The third-order valence-electron chi connectivity index (χ3n) is 5.16. The van der Waals surface area contributed by atoms with Crippen molar-refractivity contribution in [3.8, 4) is 11.8 Å². The lowest BCUT2D eigenvalue weighted by Gasteiger charge is -2.32. The highest BCUT2D eigenvalue weighted by Crippen LogP contribution is 2.27. The summed E-state index contributed by atoms with van der Waals surface area (Å²) in [6, 6.07) is 19.5. The van der Waals surface area contributed by atoms with Crippen LogP contribution in [-0.2, 0) is 11.4 Å². The first-order valence-corrected chi connectivity index (χ1v) is 9.87. The van der Waals surface area contributed by atoms with Gasteiger partial charge in [0.2, 0.25) is 5.91 Å². The third kappa shape index (κ3) is 5.26. The molecule has 1 fully saturated rings. The van der Waals surface area contributed by atoms with E-state index in [1.807, 2.05) is 61.5 Å². The smallest absolute Gasteiger partial charge is 0.243 e. The maximum atomic E-state index is 12.6. The summed E-state index contributed by atoms with van der Waals surface area (Å²) >= 11 is 0. The summed E-state index contributed by atoms with van der Waals surface area (Å²) in [6.07, 6.45) is 4.57. The molecule has 0 saturated heterocycles. The molecule has 0 aliphatic heterocycles. The van der Waals surface area contributed by atoms with Crippen LogP contribution in [-0.4, -0.2) is 17.5 Å². The zero-order chi connectivity index (χ0) is 19.8. The summed E-state index contributed by atoms with van der Waals surface area (Å²) in [5.41, 5.74) is 1.24. The van der Waals surface area contributed by atoms with Crippen molar-refractivity contribution in [2.75, 3.05) is 5.32 Å². The van der Waals surface area contributed by atoms with Crippen LogP contribution in [0.5, 0.6) is 5.75 Å². The number of hydrogen-bond acceptors (Lipinski definition) is 4. The number of nitrogens with zero attached hydrogens (tertiary/aromatic N) is 1. The van der Waals surface area contributed by atoms with Gasteiger partial charge in [0, 0.05) is 5.69 Å². The van der Waals surface area contributed by atoms with Crippen molar-refractivity contribution in [1.29, 1.82) is 5.26 Å². The normalized spacial score (nSPS) is 16.4. The number of nitriles is 1. The molecule has 0 spiro atoms. The average Bonchev–Trinajstić information content (AvgIpc) is 2.74. The van der Waals surface area contributed by atoms with E-state index in [9.17, 15) is 10.1 Å². The second kappa shape index (κ2) is 9.27. The van der Waals surface area contributed by atoms with Crippen LogP contribution >= 0.6 is 0 Å². The number of nitrogens with one attached hydrogen (secondary N) is 2. The minimum atomic E-state index is -0.708. The van der Waals surface area contributed by atoms with Crippen LogP contribution in [0.1, 0.15) is 44.6 Å². The molecule has 1 unspecified atom stereocenters. The molecule has 5 nitrogen and oxygen atoms in total. The molecule has 2 aromatic carbocycles. The summed E-state index contributed by atoms with van der Waals surface area (Å²) in [5.74, 6) is 0.630. The van der Waals surface area contributed by atoms with Gasteiger partial charge in [0.15, 0.2) is 0 Å². The molecule has 1 aliphatic carbocycles. The van der Waals surface area contributed by atoms with E-state index in [1.54, 1.807) is 0 Å². The molecule has 1 aliphatic rings. The fourth-order valence-electron chi connectivity index (χ4n) is 3.47. The Labute approximate surface area is 166 Å². The second-order valence-corrected chi connectivity index (χ2v) is 7.41. The molecule has 2 N–H and O–H groups in total. The van der Waals surface area contributed by atoms with Gasteiger partial charge in [-0.2, -0.15) is 5.26 Å². The standard InChI is InChI=1S/C23H27N3O2/c1-18(22(27)26-23(17-24)14-6-3-7-15-23)25-20-10-12-21(13-11-20)28-16-19-8-4-2-5-9-19/h2,4-5,8-13,18,25H,3,6-7,14-16H2,1H3,(H,26,27). The summed E-state index contributed by atoms with van der Waals surface area (Å²) in [4.78, 5) is 12.6. The largest absolute Gasteiger partial charge is 0.489 e. The van der Waals surface area contributed by atoms with Crippen LogP contribution in [0.3, 0.4) is 0 Å². The van der Waals surface area contributed by atoms with E-state index in [2.05, 4.69) is 16.7 Å². The van der Waals surface area contributed by atoms with E-state index in [0.29, 0.717) is 6.61 Å². The van der Waals surface area contributed by atoms with Crippen LogP contribution in [0.2, 0.25) is 0 Å². The predicted octanol–water partition coefficient (Wildman–Crippen LogP) is 4.41. The topological polar surface area (TPSA) is 74.2 Å². The predicted molar refractivity (Wildman–Crippen MR) is 110 cm³/mol. The van der Waals surface area contributed by atoms with Crippen molar-refractivity contribution in [2.45, 2.75) is 57.2 Å². The van der Waals surface area contributed by atoms with Crippen LogP contribution in [0.4, 0.5) is 5.69 Å². The molecule has 3 rings (SSSR count). The van der Waals surface area contributed by atoms with E-state index in [4.69, 9.17) is 4.74 Å². The van der Waals surface area contributed by atoms with Crippen molar-refractivity contribution in [2.24, 2.45) is 0 Å². The zero-order valence-electron chi connectivity index (χ0n) is 16.3. The lowest BCUT2D eigenvalue weighted by atomic mass is 9.82. The Balaban J connectivity index is 1.51. The summed E-state index contributed by atoms with van der Waals surface area (Å²) < 4.78 is 5.78. The van der Waals surface area contributed by atoms with Crippen molar-refractivity contribution in [3.63, 3.8) is 0 Å². The first-order chi connectivity index (χ1) is 13.6. The molecule has 0 heterocycles. The number of benzene rings is 2. The van der Waals surface area contributed by atoms with Crippen molar-refractivity contribution in [1.82, 2.24) is 5.32 Å². The van der Waals surface area contributed by atoms with Gasteiger partial charge in [0.1, 0.15) is 23.9 Å². The summed E-state index contributed by atoms with van der Waals surface area (Å²) in [7, 11) is 0. The molecule has 1 amide bonds. The number of rotatable bonds is 7. The van der Waals surface area contributed by atoms with Crippen molar-refractivity contribution < 1.29 is 9.53 Å². The number of anilines is 1. The van der Waals surface area contributed by atoms with Gasteiger partial charge >= 0.3 is 0 Å². The Hall–Kier alpha value is -3.00. The quantitative estimate of drug-likeness (QED) is 0.750. The van der Waals surface area contributed by atoms with Crippen LogP contribution < -0.4 is 15.4 Å². The van der Waals surface area contributed by atoms with Crippen molar-refractivity contribution in [3.05, 3.63) is 60.2 Å². The van der Waals surface area contributed by atoms with Gasteiger partial charge in [-0.1, -0.05) is 49.6 Å². The monoisotopic (exact) mass is 377 g/mol. The molecule has 0 aromatic heterocycles. The SMILES string of the molecule is CC(Nc1ccc(OCc2ccccc2)cc1)C(=O)NC1(C#N)CCCCC1. The van der Waals surface area contributed by atoms with Crippen LogP contribution in [0.25, 0.3) is 0 Å². The number of carbonyl (C=O) groups is 1. The minimum absolute atomic E-state index is 0.146. The van der Waals surface area contributed by atoms with E-state index in [1.165, 1.54) is 0 Å². The fourth-order valence-corrected chi connectivity index (χ4v) is 3.47. The van der Waals surface area contributed by atoms with E-state index in [-0.39, 0.29) is 5.91 Å². The Morgan fingerprint density at radius 1 is 1.11 bits per heavy atom. The van der Waals surface area contributed by atoms with Gasteiger partial charge in [-0.15, -0.1) is 0 Å². The molecule has 0 radical (unpaired) electrons. The molecular formula is C23H27N3O2. The molecule has 5 heteroatoms. The lowest BCUT2D eigenvalue weighted by Crippen LogP contribution is -2.52. The van der Waals surface area contributed by atoms with E-state index >= 15 is 0 Å². The van der Waals surface area contributed by atoms with Gasteiger partial charge in [-0.05, 0) is 49.6 Å². The van der Waals surface area contributed by atoms with Gasteiger partial charge in [-0.3, -0.25) is 4.79 Å². The Morgan fingerprint density at radius 2 is 1.79 bits per heavy atom. The highest BCUT2D eigenvalue weighted by molar-refractivity contribution is 5.85. The maximum absolute atomic E-state index is 12.6. The lowest BCUT2D eigenvalue weighted by molar-refractivity contribution is -0.123. The molecule has 28 heavy (non-hydrogen) atoms. The maximum Gasteiger partial charge on any atom is 0.243 e. The minimum Gasteiger partial charge on any atom is -0.489 e. The fraction of sp³-hybridized carbons (Fsp3) is 0.391. The zero-order valence-corrected chi connectivity index (χ0v) is 16.3. The Kier molecular flexibility index (Phi) is 6.54. The van der Waals surface area contributed by atoms with Gasteiger partial charge in [0.25, 0.3) is 0 Å². The second-order valence-electron chi connectivity index (χ2n) is 7.41. The average molecular weight is 377 g/mol. The van der Waals surface area contributed by atoms with Crippen molar-refractivity contribution >= 4 is 11.6 Å². The summed E-state index contributed by atoms with van der Waals surface area (Å²) in [6.45, 7) is 2.33. The Morgan fingerprint density at radius 3 is 2.43 bits per heavy atom. The van der Waals surface area contributed by atoms with Gasteiger partial charge in [0.05, 0.1) is 6.07 Å². The van der Waals surface area contributed by atoms with Crippen LogP contribution in [0, 0.1) is 11.3 Å². The van der Waals surface area contributed by atoms with Crippen LogP contribution in [0.15, 0.2) is 54.6 Å². The van der Waals surface area contributed by atoms with Gasteiger partial charge < -0.3 is 15.4 Å². The highest BCUT2D eigenvalue weighted by Gasteiger charge is 2.34. The summed E-state index contributed by atoms with van der Waals surface area (Å²) in [5, 5.41) is 15.7. The number of ether oxygens (including phenoxy) is 1. The third-order valence-corrected chi connectivity index (χ3v) is 5.16. The molecule has 1 saturated carbocycles. The highest BCUT2D eigenvalue weighted by atomic mass is 16.5. The first-order valence-electron chi connectivity index (χ1n) is 9.87. The number of hydrogen-bond donors (Lipinski definition) is 2. The molecule has 2 aromatic rings. The van der Waals surface area contributed by atoms with E-state index < -0.39 is 11.6 Å². The molecule has 0 bridgehead atoms. The number of carbonyl (C=O) groups excluding carboxylic acids is 1. The molecular weight excluding hydrogens is 350 g/mol. The van der Waals surface area contributed by atoms with E-state index in [0.717, 1.165) is 49.1 Å². The molecule has 146 valence electrons. The van der Waals surface area contributed by atoms with Gasteiger partial charge in [-0.25, -0.2) is 0 Å². The first kappa shape index (κ1) is 19.8.